The molecule has 0 heterocycles. The highest BCUT2D eigenvalue weighted by atomic mass is 16.6. The number of phenols is 1. The van der Waals surface area contributed by atoms with Crippen LogP contribution in [0.4, 0.5) is 10.5 Å². The maximum Gasteiger partial charge on any atom is 0.412 e. The van der Waals surface area contributed by atoms with Crippen LogP contribution in [0, 0.1) is 0 Å². The molecule has 0 unspecified atom stereocenters. The minimum Gasteiger partial charge on any atom is -0.506 e. The maximum atomic E-state index is 11.7. The summed E-state index contributed by atoms with van der Waals surface area (Å²) in [5.74, 6) is -0.00515. The van der Waals surface area contributed by atoms with Crippen molar-refractivity contribution in [2.75, 3.05) is 5.32 Å². The molecular formula is C15H24N2O3. The third-order valence-corrected chi connectivity index (χ3v) is 2.36. The standard InChI is InChI=1S/C15H24N2O3/c1-14(2,3)20-13(19)17-11-8-10(6-7-12(11)18)9-15(4,5)16/h6-8,18H,9,16H2,1-5H3,(H,17,19). The van der Waals surface area contributed by atoms with Gasteiger partial charge in [0.15, 0.2) is 0 Å². The first-order valence-corrected chi connectivity index (χ1v) is 6.57. The Morgan fingerprint density at radius 2 is 1.90 bits per heavy atom. The number of rotatable bonds is 3. The Morgan fingerprint density at radius 1 is 1.30 bits per heavy atom. The highest BCUT2D eigenvalue weighted by Gasteiger charge is 2.18. The lowest BCUT2D eigenvalue weighted by Crippen LogP contribution is -2.34. The van der Waals surface area contributed by atoms with E-state index >= 15 is 0 Å². The topological polar surface area (TPSA) is 84.6 Å². The summed E-state index contributed by atoms with van der Waals surface area (Å²) in [4.78, 5) is 11.7. The zero-order valence-corrected chi connectivity index (χ0v) is 12.8. The number of benzene rings is 1. The summed E-state index contributed by atoms with van der Waals surface area (Å²) in [6.07, 6.45) is 0.0352. The summed E-state index contributed by atoms with van der Waals surface area (Å²) < 4.78 is 5.15. The van der Waals surface area contributed by atoms with Crippen molar-refractivity contribution in [1.29, 1.82) is 0 Å². The lowest BCUT2D eigenvalue weighted by atomic mass is 9.96. The van der Waals surface area contributed by atoms with Crippen LogP contribution in [0.15, 0.2) is 18.2 Å². The highest BCUT2D eigenvalue weighted by molar-refractivity contribution is 5.87. The van der Waals surface area contributed by atoms with Crippen molar-refractivity contribution < 1.29 is 14.6 Å². The van der Waals surface area contributed by atoms with Gasteiger partial charge in [-0.3, -0.25) is 5.32 Å². The predicted molar refractivity (Wildman–Crippen MR) is 79.9 cm³/mol. The minimum atomic E-state index is -0.600. The Morgan fingerprint density at radius 3 is 2.40 bits per heavy atom. The van der Waals surface area contributed by atoms with Crippen molar-refractivity contribution in [2.24, 2.45) is 5.73 Å². The number of phenolic OH excluding ortho intramolecular Hbond substituents is 1. The van der Waals surface area contributed by atoms with Gasteiger partial charge >= 0.3 is 6.09 Å². The molecule has 0 saturated heterocycles. The van der Waals surface area contributed by atoms with Gasteiger partial charge in [-0.15, -0.1) is 0 Å². The van der Waals surface area contributed by atoms with Crippen LogP contribution < -0.4 is 11.1 Å². The number of ether oxygens (including phenoxy) is 1. The third-order valence-electron chi connectivity index (χ3n) is 2.36. The van der Waals surface area contributed by atoms with Crippen molar-refractivity contribution >= 4 is 11.8 Å². The number of aromatic hydroxyl groups is 1. The zero-order valence-electron chi connectivity index (χ0n) is 12.8. The smallest absolute Gasteiger partial charge is 0.412 e. The van der Waals surface area contributed by atoms with Gasteiger partial charge in [0.25, 0.3) is 0 Å². The molecule has 0 atom stereocenters. The van der Waals surface area contributed by atoms with Gasteiger partial charge in [-0.05, 0) is 58.7 Å². The van der Waals surface area contributed by atoms with Crippen LogP contribution in [0.2, 0.25) is 0 Å². The van der Waals surface area contributed by atoms with Gasteiger partial charge in [0.1, 0.15) is 11.4 Å². The number of carbonyl (C=O) groups is 1. The van der Waals surface area contributed by atoms with Crippen molar-refractivity contribution in [3.05, 3.63) is 23.8 Å². The van der Waals surface area contributed by atoms with E-state index < -0.39 is 11.7 Å². The summed E-state index contributed by atoms with van der Waals surface area (Å²) in [5.41, 5.74) is 6.27. The predicted octanol–water partition coefficient (Wildman–Crippen LogP) is 3.02. The molecule has 0 fully saturated rings. The van der Waals surface area contributed by atoms with E-state index in [0.29, 0.717) is 12.1 Å². The Hall–Kier alpha value is -1.75. The number of carbonyl (C=O) groups excluding carboxylic acids is 1. The average Bonchev–Trinajstić information content (AvgIpc) is 2.18. The molecule has 0 spiro atoms. The van der Waals surface area contributed by atoms with E-state index in [-0.39, 0.29) is 11.3 Å². The fourth-order valence-electron chi connectivity index (χ4n) is 1.73. The highest BCUT2D eigenvalue weighted by Crippen LogP contribution is 2.26. The van der Waals surface area contributed by atoms with Crippen molar-refractivity contribution in [3.8, 4) is 5.75 Å². The van der Waals surface area contributed by atoms with Crippen LogP contribution in [0.5, 0.6) is 5.75 Å². The molecule has 112 valence electrons. The molecule has 0 aliphatic heterocycles. The summed E-state index contributed by atoms with van der Waals surface area (Å²) in [6.45, 7) is 9.17. The molecule has 0 bridgehead atoms. The molecule has 20 heavy (non-hydrogen) atoms. The molecule has 1 aromatic carbocycles. The number of amides is 1. The monoisotopic (exact) mass is 280 g/mol. The second kappa shape index (κ2) is 5.71. The number of nitrogens with one attached hydrogen (secondary N) is 1. The minimum absolute atomic E-state index is 0.00515. The van der Waals surface area contributed by atoms with E-state index in [1.54, 1.807) is 32.9 Å². The zero-order chi connectivity index (χ0) is 15.6. The van der Waals surface area contributed by atoms with E-state index in [1.165, 1.54) is 6.07 Å². The molecule has 0 aromatic heterocycles. The van der Waals surface area contributed by atoms with Crippen LogP contribution in [0.3, 0.4) is 0 Å². The molecule has 0 radical (unpaired) electrons. The summed E-state index contributed by atoms with van der Waals surface area (Å²) >= 11 is 0. The van der Waals surface area contributed by atoms with Crippen LogP contribution in [0.1, 0.15) is 40.2 Å². The van der Waals surface area contributed by atoms with E-state index in [1.807, 2.05) is 13.8 Å². The van der Waals surface area contributed by atoms with Gasteiger partial charge in [-0.2, -0.15) is 0 Å². The normalized spacial score (nSPS) is 12.1. The molecule has 0 aliphatic rings. The summed E-state index contributed by atoms with van der Waals surface area (Å²) in [6, 6.07) is 5.02. The summed E-state index contributed by atoms with van der Waals surface area (Å²) in [7, 11) is 0. The van der Waals surface area contributed by atoms with E-state index in [4.69, 9.17) is 10.5 Å². The third kappa shape index (κ3) is 5.93. The fourth-order valence-corrected chi connectivity index (χ4v) is 1.73. The van der Waals surface area contributed by atoms with Crippen molar-refractivity contribution in [2.45, 2.75) is 52.2 Å². The fraction of sp³-hybridized carbons (Fsp3) is 0.533. The van der Waals surface area contributed by atoms with Gasteiger partial charge < -0.3 is 15.6 Å². The van der Waals surface area contributed by atoms with E-state index in [9.17, 15) is 9.90 Å². The number of nitrogens with two attached hydrogens (primary N) is 1. The second-order valence-electron chi connectivity index (χ2n) is 6.64. The molecule has 0 saturated carbocycles. The largest absolute Gasteiger partial charge is 0.506 e. The maximum absolute atomic E-state index is 11.7. The van der Waals surface area contributed by atoms with Crippen LogP contribution in [-0.4, -0.2) is 22.3 Å². The number of anilines is 1. The van der Waals surface area contributed by atoms with Crippen LogP contribution in [0.25, 0.3) is 0 Å². The molecule has 1 aromatic rings. The average molecular weight is 280 g/mol. The molecule has 0 aliphatic carbocycles. The van der Waals surface area contributed by atoms with Gasteiger partial charge in [0.05, 0.1) is 5.69 Å². The Kier molecular flexibility index (Phi) is 4.65. The van der Waals surface area contributed by atoms with Crippen LogP contribution in [-0.2, 0) is 11.2 Å². The Labute approximate surface area is 120 Å². The van der Waals surface area contributed by atoms with Crippen LogP contribution >= 0.6 is 0 Å². The SMILES string of the molecule is CC(C)(N)Cc1ccc(O)c(NC(=O)OC(C)(C)C)c1. The lowest BCUT2D eigenvalue weighted by Gasteiger charge is -2.21. The summed E-state index contributed by atoms with van der Waals surface area (Å²) in [5, 5.41) is 12.3. The van der Waals surface area contributed by atoms with E-state index in [0.717, 1.165) is 5.56 Å². The van der Waals surface area contributed by atoms with Crippen molar-refractivity contribution in [3.63, 3.8) is 0 Å². The Balaban J connectivity index is 2.84. The first-order chi connectivity index (χ1) is 8.96. The molecule has 1 rings (SSSR count). The lowest BCUT2D eigenvalue weighted by molar-refractivity contribution is 0.0635. The van der Waals surface area contributed by atoms with Gasteiger partial charge in [-0.1, -0.05) is 6.07 Å². The second-order valence-corrected chi connectivity index (χ2v) is 6.64. The molecule has 1 amide bonds. The van der Waals surface area contributed by atoms with Gasteiger partial charge in [0.2, 0.25) is 0 Å². The first kappa shape index (κ1) is 16.3. The number of hydrogen-bond donors (Lipinski definition) is 3. The van der Waals surface area contributed by atoms with E-state index in [2.05, 4.69) is 5.32 Å². The molecule has 5 heteroatoms. The first-order valence-electron chi connectivity index (χ1n) is 6.57. The quantitative estimate of drug-likeness (QED) is 0.743. The van der Waals surface area contributed by atoms with Gasteiger partial charge in [-0.25, -0.2) is 4.79 Å². The number of hydrogen-bond acceptors (Lipinski definition) is 4. The molecule has 4 N–H and O–H groups in total. The molecule has 5 nitrogen and oxygen atoms in total. The molecular weight excluding hydrogens is 256 g/mol. The Bertz CT molecular complexity index is 485. The van der Waals surface area contributed by atoms with Gasteiger partial charge in [0, 0.05) is 5.54 Å². The van der Waals surface area contributed by atoms with Crippen molar-refractivity contribution in [1.82, 2.24) is 0 Å².